The number of rotatable bonds is 5. The lowest BCUT2D eigenvalue weighted by Crippen LogP contribution is -2.53. The van der Waals surface area contributed by atoms with E-state index in [4.69, 9.17) is 0 Å². The van der Waals surface area contributed by atoms with Crippen molar-refractivity contribution >= 4 is 17.8 Å². The van der Waals surface area contributed by atoms with Crippen molar-refractivity contribution in [3.05, 3.63) is 23.8 Å². The normalized spacial score (nSPS) is 32.1. The van der Waals surface area contributed by atoms with Crippen molar-refractivity contribution in [3.63, 3.8) is 0 Å². The molecular formula is C21H26F3N3O3. The predicted molar refractivity (Wildman–Crippen MR) is 102 cm³/mol. The number of imide groups is 1. The fourth-order valence-electron chi connectivity index (χ4n) is 4.99. The summed E-state index contributed by atoms with van der Waals surface area (Å²) in [4.78, 5) is 39.4. The van der Waals surface area contributed by atoms with E-state index in [9.17, 15) is 27.6 Å². The maximum absolute atomic E-state index is 13.4. The third kappa shape index (κ3) is 3.63. The number of carbonyl (C=O) groups is 3. The van der Waals surface area contributed by atoms with E-state index >= 15 is 0 Å². The zero-order valence-electron chi connectivity index (χ0n) is 17.0. The number of carbonyl (C=O) groups excluding carboxylic acids is 3. The van der Waals surface area contributed by atoms with E-state index < -0.39 is 29.2 Å². The van der Waals surface area contributed by atoms with Crippen LogP contribution in [0.3, 0.4) is 0 Å². The molecule has 0 bridgehead atoms. The second-order valence-electron chi connectivity index (χ2n) is 9.26. The van der Waals surface area contributed by atoms with Gasteiger partial charge in [-0.3, -0.25) is 14.9 Å². The molecule has 2 aliphatic heterocycles. The molecule has 3 fully saturated rings. The van der Waals surface area contributed by atoms with Gasteiger partial charge in [-0.2, -0.15) is 13.2 Å². The van der Waals surface area contributed by atoms with Crippen LogP contribution in [0, 0.1) is 29.6 Å². The minimum absolute atomic E-state index is 0.0133. The van der Waals surface area contributed by atoms with Crippen molar-refractivity contribution in [2.45, 2.75) is 44.8 Å². The van der Waals surface area contributed by atoms with Gasteiger partial charge in [0, 0.05) is 30.8 Å². The van der Waals surface area contributed by atoms with Gasteiger partial charge in [0.1, 0.15) is 5.54 Å². The fourth-order valence-corrected chi connectivity index (χ4v) is 4.99. The van der Waals surface area contributed by atoms with Gasteiger partial charge in [0.05, 0.1) is 5.57 Å². The highest BCUT2D eigenvalue weighted by atomic mass is 19.4. The minimum atomic E-state index is -4.40. The molecule has 2 saturated heterocycles. The molecular weight excluding hydrogens is 399 g/mol. The number of alkyl halides is 3. The number of halogens is 3. The highest BCUT2D eigenvalue weighted by Crippen LogP contribution is 2.46. The third-order valence-electron chi connectivity index (χ3n) is 6.87. The van der Waals surface area contributed by atoms with Crippen LogP contribution in [0.4, 0.5) is 18.0 Å². The second-order valence-corrected chi connectivity index (χ2v) is 9.26. The van der Waals surface area contributed by atoms with Gasteiger partial charge in [-0.25, -0.2) is 4.79 Å². The number of likely N-dealkylation sites (tertiary alicyclic amines) is 1. The van der Waals surface area contributed by atoms with Crippen LogP contribution in [0.25, 0.3) is 0 Å². The van der Waals surface area contributed by atoms with Crippen LogP contribution in [0.2, 0.25) is 0 Å². The molecule has 4 rings (SSSR count). The van der Waals surface area contributed by atoms with E-state index in [2.05, 4.69) is 10.6 Å². The first kappa shape index (κ1) is 20.9. The summed E-state index contributed by atoms with van der Waals surface area (Å²) >= 11 is 0. The first-order valence-electron chi connectivity index (χ1n) is 10.4. The van der Waals surface area contributed by atoms with Crippen LogP contribution in [-0.4, -0.2) is 47.6 Å². The molecule has 2 N–H and O–H groups in total. The molecule has 0 aromatic rings. The number of hydrogen-bond acceptors (Lipinski definition) is 3. The van der Waals surface area contributed by atoms with Crippen molar-refractivity contribution in [3.8, 4) is 0 Å². The number of fused-ring (bicyclic) bond motifs is 1. The molecule has 0 aromatic carbocycles. The second kappa shape index (κ2) is 7.13. The lowest BCUT2D eigenvalue weighted by atomic mass is 9.78. The number of urea groups is 1. The van der Waals surface area contributed by atoms with Crippen LogP contribution in [0.5, 0.6) is 0 Å². The van der Waals surface area contributed by atoms with E-state index in [0.717, 1.165) is 18.9 Å². The van der Waals surface area contributed by atoms with E-state index in [1.54, 1.807) is 11.0 Å². The van der Waals surface area contributed by atoms with Crippen LogP contribution in [0.1, 0.15) is 33.1 Å². The smallest absolute Gasteiger partial charge is 0.341 e. The zero-order valence-corrected chi connectivity index (χ0v) is 17.0. The van der Waals surface area contributed by atoms with E-state index in [0.29, 0.717) is 6.54 Å². The van der Waals surface area contributed by atoms with Gasteiger partial charge < -0.3 is 10.2 Å². The van der Waals surface area contributed by atoms with Gasteiger partial charge in [0.15, 0.2) is 0 Å². The largest absolute Gasteiger partial charge is 0.416 e. The Labute approximate surface area is 172 Å². The quantitative estimate of drug-likeness (QED) is 0.665. The summed E-state index contributed by atoms with van der Waals surface area (Å²) in [6, 6.07) is -0.538. The number of hydrogen-bond donors (Lipinski definition) is 2. The SMILES string of the molecule is CC(C)[C@H](C[C@]1(C2CC2)NC(=O)NC1=O)C(=O)N1CC2C=CC(C(F)(F)F)=CC2C1. The molecule has 6 nitrogen and oxygen atoms in total. The molecule has 9 heteroatoms. The standard InChI is InChI=1S/C21H26F3N3O3/c1-11(2)16(8-20(14-5-6-14)18(29)25-19(30)26-20)17(28)27-9-12-3-4-15(21(22,23)24)7-13(12)10-27/h3-4,7,11-14,16H,5-6,8-10H2,1-2H3,(H2,25,26,29,30)/t12?,13?,16-,20+/m0/s1. The molecule has 2 unspecified atom stereocenters. The number of nitrogens with one attached hydrogen (secondary N) is 2. The number of allylic oxidation sites excluding steroid dienone is 2. The van der Waals surface area contributed by atoms with E-state index in [1.807, 2.05) is 13.8 Å². The summed E-state index contributed by atoms with van der Waals surface area (Å²) in [5, 5.41) is 5.07. The summed E-state index contributed by atoms with van der Waals surface area (Å²) in [7, 11) is 0. The lowest BCUT2D eigenvalue weighted by Gasteiger charge is -2.34. The van der Waals surface area contributed by atoms with Crippen molar-refractivity contribution in [2.24, 2.45) is 29.6 Å². The third-order valence-corrected chi connectivity index (χ3v) is 6.87. The van der Waals surface area contributed by atoms with Gasteiger partial charge in [0.25, 0.3) is 5.91 Å². The first-order valence-corrected chi connectivity index (χ1v) is 10.4. The number of nitrogens with zero attached hydrogens (tertiary/aromatic N) is 1. The molecule has 2 heterocycles. The lowest BCUT2D eigenvalue weighted by molar-refractivity contribution is -0.138. The van der Waals surface area contributed by atoms with Crippen LogP contribution >= 0.6 is 0 Å². The van der Waals surface area contributed by atoms with Crippen LogP contribution in [0.15, 0.2) is 23.8 Å². The molecule has 4 amide bonds. The maximum atomic E-state index is 13.4. The Morgan fingerprint density at radius 3 is 2.43 bits per heavy atom. The van der Waals surface area contributed by atoms with Crippen LogP contribution < -0.4 is 10.6 Å². The maximum Gasteiger partial charge on any atom is 0.416 e. The van der Waals surface area contributed by atoms with Crippen molar-refractivity contribution in [1.82, 2.24) is 15.5 Å². The Hall–Kier alpha value is -2.32. The minimum Gasteiger partial charge on any atom is -0.341 e. The molecule has 1 saturated carbocycles. The molecule has 164 valence electrons. The van der Waals surface area contributed by atoms with Gasteiger partial charge in [-0.05, 0) is 31.1 Å². The predicted octanol–water partition coefficient (Wildman–Crippen LogP) is 2.77. The molecule has 4 atom stereocenters. The monoisotopic (exact) mass is 425 g/mol. The van der Waals surface area contributed by atoms with Crippen molar-refractivity contribution in [1.29, 1.82) is 0 Å². The van der Waals surface area contributed by atoms with Crippen LogP contribution in [-0.2, 0) is 9.59 Å². The summed E-state index contributed by atoms with van der Waals surface area (Å²) in [5.41, 5.74) is -1.74. The van der Waals surface area contributed by atoms with Gasteiger partial charge in [-0.1, -0.05) is 32.1 Å². The average molecular weight is 425 g/mol. The molecule has 0 spiro atoms. The van der Waals surface area contributed by atoms with Gasteiger partial charge in [0.2, 0.25) is 5.91 Å². The highest BCUT2D eigenvalue weighted by molar-refractivity contribution is 6.07. The number of amides is 4. The molecule has 0 radical (unpaired) electrons. The highest BCUT2D eigenvalue weighted by Gasteiger charge is 2.57. The van der Waals surface area contributed by atoms with Crippen molar-refractivity contribution in [2.75, 3.05) is 13.1 Å². The fraction of sp³-hybridized carbons (Fsp3) is 0.667. The van der Waals surface area contributed by atoms with Gasteiger partial charge >= 0.3 is 12.2 Å². The Kier molecular flexibility index (Phi) is 4.97. The molecule has 2 aliphatic carbocycles. The topological polar surface area (TPSA) is 78.5 Å². The Bertz CT molecular complexity index is 831. The van der Waals surface area contributed by atoms with Gasteiger partial charge in [-0.15, -0.1) is 0 Å². The molecule has 0 aromatic heterocycles. The zero-order chi connectivity index (χ0) is 21.8. The summed E-state index contributed by atoms with van der Waals surface area (Å²) < 4.78 is 39.1. The first-order chi connectivity index (χ1) is 14.0. The summed E-state index contributed by atoms with van der Waals surface area (Å²) in [6.07, 6.45) is 1.30. The summed E-state index contributed by atoms with van der Waals surface area (Å²) in [5.74, 6) is -1.63. The van der Waals surface area contributed by atoms with E-state index in [1.165, 1.54) is 6.08 Å². The van der Waals surface area contributed by atoms with Crippen molar-refractivity contribution < 1.29 is 27.6 Å². The Morgan fingerprint density at radius 2 is 1.90 bits per heavy atom. The van der Waals surface area contributed by atoms with E-state index in [-0.39, 0.29) is 48.5 Å². The average Bonchev–Trinajstić information content (AvgIpc) is 3.35. The Balaban J connectivity index is 1.51. The summed E-state index contributed by atoms with van der Waals surface area (Å²) in [6.45, 7) is 4.37. The Morgan fingerprint density at radius 1 is 1.23 bits per heavy atom. The molecule has 30 heavy (non-hydrogen) atoms. The molecule has 4 aliphatic rings.